The number of nitrogens with zero attached hydrogens (tertiary/aromatic N) is 2. The Morgan fingerprint density at radius 3 is 2.46 bits per heavy atom. The van der Waals surface area contributed by atoms with Gasteiger partial charge < -0.3 is 19.3 Å². The average Bonchev–Trinajstić information content (AvgIpc) is 3.81. The second-order valence-electron chi connectivity index (χ2n) is 13.5. The molecule has 48 heavy (non-hydrogen) atoms. The van der Waals surface area contributed by atoms with Gasteiger partial charge in [0, 0.05) is 24.9 Å². The number of nitriles is 1. The predicted octanol–water partition coefficient (Wildman–Crippen LogP) is 6.55. The van der Waals surface area contributed by atoms with E-state index >= 15 is 4.39 Å². The molecule has 5 rings (SSSR count). The van der Waals surface area contributed by atoms with Crippen molar-refractivity contribution in [1.29, 1.82) is 5.26 Å². The number of carbonyl (C=O) groups excluding carboxylic acids is 2. The first-order valence-electron chi connectivity index (χ1n) is 16.2. The molecule has 9 nitrogen and oxygen atoms in total. The average molecular weight is 675 g/mol. The molecule has 254 valence electrons. The highest BCUT2D eigenvalue weighted by atomic mass is 32.2. The van der Waals surface area contributed by atoms with E-state index in [2.05, 4.69) is 16.1 Å². The van der Waals surface area contributed by atoms with Crippen molar-refractivity contribution in [2.45, 2.75) is 81.9 Å². The fourth-order valence-corrected chi connectivity index (χ4v) is 6.90. The number of ether oxygens (including phenoxy) is 2. The van der Waals surface area contributed by atoms with Gasteiger partial charge in [-0.3, -0.25) is 9.69 Å². The Bertz CT molecular complexity index is 1640. The Kier molecular flexibility index (Phi) is 11.1. The summed E-state index contributed by atoms with van der Waals surface area (Å²) in [7, 11) is 1.51. The molecule has 0 spiro atoms. The van der Waals surface area contributed by atoms with Crippen molar-refractivity contribution >= 4 is 29.0 Å². The van der Waals surface area contributed by atoms with Crippen LogP contribution in [0.2, 0.25) is 0 Å². The van der Waals surface area contributed by atoms with Gasteiger partial charge in [-0.25, -0.2) is 9.18 Å². The van der Waals surface area contributed by atoms with Gasteiger partial charge in [-0.05, 0) is 80.5 Å². The van der Waals surface area contributed by atoms with Gasteiger partial charge in [0.05, 0.1) is 30.0 Å². The summed E-state index contributed by atoms with van der Waals surface area (Å²) in [4.78, 5) is 28.3. The Morgan fingerprint density at radius 1 is 1.06 bits per heavy atom. The zero-order chi connectivity index (χ0) is 34.5. The molecule has 2 N–H and O–H groups in total. The van der Waals surface area contributed by atoms with Crippen molar-refractivity contribution in [3.05, 3.63) is 101 Å². The monoisotopic (exact) mass is 674 g/mol. The van der Waals surface area contributed by atoms with Gasteiger partial charge in [-0.2, -0.15) is 5.26 Å². The van der Waals surface area contributed by atoms with Crippen LogP contribution in [0.15, 0.2) is 72.8 Å². The topological polar surface area (TPSA) is 127 Å². The third kappa shape index (κ3) is 8.36. The fourth-order valence-electron chi connectivity index (χ4n) is 5.94. The van der Waals surface area contributed by atoms with Crippen molar-refractivity contribution < 1.29 is 28.0 Å². The summed E-state index contributed by atoms with van der Waals surface area (Å²) < 4.78 is 43.1. The van der Waals surface area contributed by atoms with Crippen LogP contribution in [0.25, 0.3) is 0 Å². The number of anilines is 1. The minimum atomic E-state index is -1.55. The van der Waals surface area contributed by atoms with E-state index in [0.717, 1.165) is 30.4 Å². The molecule has 1 heterocycles. The summed E-state index contributed by atoms with van der Waals surface area (Å²) in [5.74, 6) is -0.717. The molecule has 3 aromatic rings. The first kappa shape index (κ1) is 35.4. The lowest BCUT2D eigenvalue weighted by atomic mass is 9.79. The van der Waals surface area contributed by atoms with Crippen LogP contribution < -0.4 is 10.0 Å². The van der Waals surface area contributed by atoms with Crippen LogP contribution in [0.5, 0.6) is 0 Å². The predicted molar refractivity (Wildman–Crippen MR) is 182 cm³/mol. The molecule has 2 unspecified atom stereocenters. The van der Waals surface area contributed by atoms with Crippen molar-refractivity contribution in [2.24, 2.45) is 5.92 Å². The van der Waals surface area contributed by atoms with Gasteiger partial charge in [0.2, 0.25) is 5.91 Å². The number of benzene rings is 3. The molecule has 0 radical (unpaired) electrons. The van der Waals surface area contributed by atoms with Crippen LogP contribution >= 0.6 is 0 Å². The molecule has 2 aliphatic rings. The largest absolute Gasteiger partial charge is 0.598 e. The van der Waals surface area contributed by atoms with E-state index in [1.807, 2.05) is 57.2 Å². The van der Waals surface area contributed by atoms with E-state index in [-0.39, 0.29) is 25.3 Å². The second-order valence-corrected chi connectivity index (χ2v) is 15.5. The van der Waals surface area contributed by atoms with Gasteiger partial charge in [-0.15, -0.1) is 4.72 Å². The van der Waals surface area contributed by atoms with E-state index in [9.17, 15) is 19.4 Å². The molecular weight excluding hydrogens is 631 g/mol. The molecule has 2 fully saturated rings. The van der Waals surface area contributed by atoms with Gasteiger partial charge in [0.15, 0.2) is 0 Å². The summed E-state index contributed by atoms with van der Waals surface area (Å²) in [6.45, 7) is 5.80. The minimum absolute atomic E-state index is 0.0394. The van der Waals surface area contributed by atoms with Crippen LogP contribution in [0.4, 0.5) is 14.9 Å². The number of halogens is 1. The van der Waals surface area contributed by atoms with E-state index < -0.39 is 51.6 Å². The second kappa shape index (κ2) is 15.1. The smallest absolute Gasteiger partial charge is 0.410 e. The molecule has 3 aromatic carbocycles. The normalized spacial score (nSPS) is 19.6. The van der Waals surface area contributed by atoms with E-state index in [1.54, 1.807) is 30.3 Å². The Balaban J connectivity index is 1.47. The standard InChI is InChI=1S/C37H43FN4O5S/c1-36(2,3)48(45)41-37(18-17-25-13-14-25,28-12-8-11-27(19-28)22-39)29-15-16-31(38)32(20-29)40-34(43)33-21-30(46-4)23-42(33)35(44)47-24-26-9-6-5-7-10-26/h5-12,15-16,19-20,25,30,33,41H,13-14,17-18,21,23-24H2,1-4H3,(H,40,43)/t30-,33-,37?,48?/m1/s1. The number of methoxy groups -OCH3 is 1. The summed E-state index contributed by atoms with van der Waals surface area (Å²) in [5.41, 5.74) is 1.41. The van der Waals surface area contributed by atoms with Crippen LogP contribution in [0.3, 0.4) is 0 Å². The number of carbonyl (C=O) groups is 2. The lowest BCUT2D eigenvalue weighted by Crippen LogP contribution is -2.52. The quantitative estimate of drug-likeness (QED) is 0.209. The molecule has 1 aliphatic carbocycles. The summed E-state index contributed by atoms with van der Waals surface area (Å²) in [6, 6.07) is 22.1. The van der Waals surface area contributed by atoms with Crippen LogP contribution in [-0.4, -0.2) is 52.0 Å². The Labute approximate surface area is 285 Å². The summed E-state index contributed by atoms with van der Waals surface area (Å²) in [6.07, 6.45) is 2.71. The number of nitrogens with one attached hydrogen (secondary N) is 2. The Morgan fingerprint density at radius 2 is 1.79 bits per heavy atom. The van der Waals surface area contributed by atoms with Crippen molar-refractivity contribution in [2.75, 3.05) is 19.0 Å². The van der Waals surface area contributed by atoms with Gasteiger partial charge in [0.25, 0.3) is 0 Å². The molecule has 4 atom stereocenters. The third-order valence-electron chi connectivity index (χ3n) is 8.99. The fraction of sp³-hybridized carbons (Fsp3) is 0.432. The summed E-state index contributed by atoms with van der Waals surface area (Å²) >= 11 is -1.55. The molecule has 1 aliphatic heterocycles. The SMILES string of the molecule is CO[C@@H]1C[C@H](C(=O)Nc2cc(C(CCC3CC3)(N[S+]([O-])C(C)(C)C)c3cccc(C#N)c3)ccc2F)N(C(=O)OCc2ccccc2)C1. The molecule has 0 bridgehead atoms. The van der Waals surface area contributed by atoms with Crippen LogP contribution in [-0.2, 0) is 37.8 Å². The molecule has 1 saturated heterocycles. The molecule has 11 heteroatoms. The summed E-state index contributed by atoms with van der Waals surface area (Å²) in [5, 5.41) is 12.5. The maximum absolute atomic E-state index is 15.5. The highest BCUT2D eigenvalue weighted by Gasteiger charge is 2.44. The van der Waals surface area contributed by atoms with Crippen molar-refractivity contribution in [3.8, 4) is 6.07 Å². The number of hydrogen-bond acceptors (Lipinski definition) is 7. The molecule has 1 saturated carbocycles. The lowest BCUT2D eigenvalue weighted by molar-refractivity contribution is -0.120. The first-order valence-corrected chi connectivity index (χ1v) is 17.4. The number of amides is 2. The number of hydrogen-bond donors (Lipinski definition) is 2. The molecular formula is C37H43FN4O5S. The van der Waals surface area contributed by atoms with Crippen molar-refractivity contribution in [3.63, 3.8) is 0 Å². The van der Waals surface area contributed by atoms with E-state index in [4.69, 9.17) is 9.47 Å². The van der Waals surface area contributed by atoms with Crippen molar-refractivity contribution in [1.82, 2.24) is 9.62 Å². The first-order chi connectivity index (χ1) is 22.9. The van der Waals surface area contributed by atoms with Crippen LogP contribution in [0, 0.1) is 23.1 Å². The molecule has 2 amide bonds. The number of rotatable bonds is 12. The van der Waals surface area contributed by atoms with E-state index in [0.29, 0.717) is 23.5 Å². The molecule has 0 aromatic heterocycles. The number of likely N-dealkylation sites (tertiary alicyclic amines) is 1. The van der Waals surface area contributed by atoms with Crippen LogP contribution in [0.1, 0.15) is 75.1 Å². The maximum Gasteiger partial charge on any atom is 0.410 e. The zero-order valence-electron chi connectivity index (χ0n) is 27.8. The lowest BCUT2D eigenvalue weighted by Gasteiger charge is -2.39. The maximum atomic E-state index is 15.5. The van der Waals surface area contributed by atoms with Gasteiger partial charge in [-0.1, -0.05) is 61.4 Å². The van der Waals surface area contributed by atoms with Gasteiger partial charge in [0.1, 0.15) is 28.8 Å². The highest BCUT2D eigenvalue weighted by molar-refractivity contribution is 7.90. The zero-order valence-corrected chi connectivity index (χ0v) is 28.6. The third-order valence-corrected chi connectivity index (χ3v) is 10.6. The van der Waals surface area contributed by atoms with Gasteiger partial charge >= 0.3 is 6.09 Å². The minimum Gasteiger partial charge on any atom is -0.598 e. The highest BCUT2D eigenvalue weighted by Crippen LogP contribution is 2.43. The van der Waals surface area contributed by atoms with E-state index in [1.165, 1.54) is 18.1 Å². The Hall–Kier alpha value is -3.95.